The maximum absolute atomic E-state index is 13.4. The van der Waals surface area contributed by atoms with Crippen LogP contribution in [0.1, 0.15) is 50.9 Å². The van der Waals surface area contributed by atoms with Crippen LogP contribution in [0, 0.1) is 6.92 Å². The topological polar surface area (TPSA) is 29.5 Å². The van der Waals surface area contributed by atoms with E-state index >= 15 is 0 Å². The molecule has 1 aliphatic heterocycles. The van der Waals surface area contributed by atoms with Crippen LogP contribution in [0.25, 0.3) is 0 Å². The molecule has 3 heteroatoms. The van der Waals surface area contributed by atoms with E-state index in [1.54, 1.807) is 0 Å². The number of Topliss-reactive ketones (excluding diaryl/α,β-unsaturated/α-hetero) is 1. The summed E-state index contributed by atoms with van der Waals surface area (Å²) in [5.41, 5.74) is 5.01. The highest BCUT2D eigenvalue weighted by Gasteiger charge is 2.40. The Bertz CT molecular complexity index is 963. The van der Waals surface area contributed by atoms with Crippen LogP contribution in [0.5, 0.6) is 0 Å². The van der Waals surface area contributed by atoms with Crippen molar-refractivity contribution < 1.29 is 9.53 Å². The van der Waals surface area contributed by atoms with E-state index in [1.165, 1.54) is 0 Å². The predicted octanol–water partition coefficient (Wildman–Crippen LogP) is 5.29. The van der Waals surface area contributed by atoms with Crippen LogP contribution in [0.4, 0.5) is 0 Å². The smallest absolute Gasteiger partial charge is 0.196 e. The third-order valence-electron chi connectivity index (χ3n) is 5.43. The highest BCUT2D eigenvalue weighted by atomic mass is 16.5. The van der Waals surface area contributed by atoms with Gasteiger partial charge < -0.3 is 4.74 Å². The van der Waals surface area contributed by atoms with Gasteiger partial charge in [0.05, 0.1) is 6.04 Å². The molecule has 3 atom stereocenters. The van der Waals surface area contributed by atoms with Crippen molar-refractivity contribution in [3.8, 4) is 0 Å². The van der Waals surface area contributed by atoms with Crippen LogP contribution in [0.15, 0.2) is 78.9 Å². The summed E-state index contributed by atoms with van der Waals surface area (Å²) in [7, 11) is 4.12. The predicted molar refractivity (Wildman–Crippen MR) is 111 cm³/mol. The number of likely N-dealkylation sites (N-methyl/N-ethyl adjacent to an activating group) is 1. The zero-order chi connectivity index (χ0) is 19.7. The van der Waals surface area contributed by atoms with E-state index in [-0.39, 0.29) is 17.9 Å². The van der Waals surface area contributed by atoms with Crippen molar-refractivity contribution in [2.45, 2.75) is 25.2 Å². The summed E-state index contributed by atoms with van der Waals surface area (Å²) < 4.78 is 6.53. The third-order valence-corrected chi connectivity index (χ3v) is 5.43. The Morgan fingerprint density at radius 2 is 1.43 bits per heavy atom. The average Bonchev–Trinajstić information content (AvgIpc) is 2.73. The fraction of sp³-hybridized carbons (Fsp3) is 0.240. The monoisotopic (exact) mass is 371 g/mol. The molecular weight excluding hydrogens is 346 g/mol. The second-order valence-corrected chi connectivity index (χ2v) is 7.62. The number of benzene rings is 3. The standard InChI is InChI=1S/C25H25NO2/c1-17-13-15-18(16-14-17)23(27)25-21-12-8-7-11-20(21)22(26(2)3)24(28-25)19-9-5-4-6-10-19/h4-16,22,24-25H,1-3H3/t22-,24+,25+/m0/s1. The first-order valence-corrected chi connectivity index (χ1v) is 9.63. The summed E-state index contributed by atoms with van der Waals surface area (Å²) in [6.07, 6.45) is -0.828. The van der Waals surface area contributed by atoms with Crippen LogP contribution >= 0.6 is 0 Å². The van der Waals surface area contributed by atoms with Gasteiger partial charge in [0.2, 0.25) is 0 Å². The summed E-state index contributed by atoms with van der Waals surface area (Å²) in [5, 5.41) is 0. The highest BCUT2D eigenvalue weighted by molar-refractivity contribution is 6.00. The van der Waals surface area contributed by atoms with E-state index in [2.05, 4.69) is 37.2 Å². The molecular formula is C25H25NO2. The summed E-state index contributed by atoms with van der Waals surface area (Å²) in [4.78, 5) is 15.6. The van der Waals surface area contributed by atoms with E-state index < -0.39 is 6.10 Å². The molecule has 0 saturated carbocycles. The Labute approximate surface area is 166 Å². The molecule has 3 aromatic rings. The van der Waals surface area contributed by atoms with Crippen molar-refractivity contribution in [1.29, 1.82) is 0 Å². The number of carbonyl (C=O) groups is 1. The fourth-order valence-corrected chi connectivity index (χ4v) is 4.00. The third kappa shape index (κ3) is 3.39. The maximum Gasteiger partial charge on any atom is 0.196 e. The number of rotatable bonds is 4. The summed E-state index contributed by atoms with van der Waals surface area (Å²) in [6, 6.07) is 26.1. The molecule has 0 fully saturated rings. The number of aryl methyl sites for hydroxylation is 1. The van der Waals surface area contributed by atoms with Crippen LogP contribution in [0.2, 0.25) is 0 Å². The van der Waals surface area contributed by atoms with Gasteiger partial charge in [-0.3, -0.25) is 9.69 Å². The Balaban J connectivity index is 1.81. The summed E-state index contributed by atoms with van der Waals surface area (Å²) in [5.74, 6) is 0.00517. The van der Waals surface area contributed by atoms with Gasteiger partial charge in [0.25, 0.3) is 0 Å². The molecule has 0 saturated heterocycles. The molecule has 3 nitrogen and oxygen atoms in total. The van der Waals surface area contributed by atoms with Gasteiger partial charge >= 0.3 is 0 Å². The second kappa shape index (κ2) is 7.70. The van der Waals surface area contributed by atoms with E-state index in [0.29, 0.717) is 5.56 Å². The van der Waals surface area contributed by atoms with E-state index in [4.69, 9.17) is 4.74 Å². The van der Waals surface area contributed by atoms with Gasteiger partial charge in [-0.15, -0.1) is 0 Å². The zero-order valence-corrected chi connectivity index (χ0v) is 16.5. The Morgan fingerprint density at radius 1 is 0.821 bits per heavy atom. The van der Waals surface area contributed by atoms with Gasteiger partial charge in [-0.05, 0) is 37.7 Å². The lowest BCUT2D eigenvalue weighted by Gasteiger charge is -2.41. The Kier molecular flexibility index (Phi) is 5.12. The van der Waals surface area contributed by atoms with E-state index in [0.717, 1.165) is 22.3 Å². The molecule has 4 rings (SSSR count). The number of nitrogens with zero attached hydrogens (tertiary/aromatic N) is 1. The molecule has 0 unspecified atom stereocenters. The minimum absolute atomic E-state index is 0.00517. The van der Waals surface area contributed by atoms with E-state index in [9.17, 15) is 4.79 Å². The van der Waals surface area contributed by atoms with Gasteiger partial charge in [-0.1, -0.05) is 84.4 Å². The number of hydrogen-bond donors (Lipinski definition) is 0. The van der Waals surface area contributed by atoms with Gasteiger partial charge in [-0.2, -0.15) is 0 Å². The molecule has 3 aromatic carbocycles. The average molecular weight is 371 g/mol. The molecule has 0 N–H and O–H groups in total. The molecule has 0 aliphatic carbocycles. The molecule has 142 valence electrons. The van der Waals surface area contributed by atoms with Crippen molar-refractivity contribution >= 4 is 5.78 Å². The number of ether oxygens (including phenoxy) is 1. The van der Waals surface area contributed by atoms with Crippen LogP contribution < -0.4 is 0 Å². The molecule has 0 aromatic heterocycles. The quantitative estimate of drug-likeness (QED) is 0.583. The SMILES string of the molecule is Cc1ccc(C(=O)[C@@H]2O[C@H](c3ccccc3)[C@@H](N(C)C)c3ccccc32)cc1. The van der Waals surface area contributed by atoms with Crippen LogP contribution in [-0.2, 0) is 4.74 Å². The van der Waals surface area contributed by atoms with E-state index in [1.807, 2.05) is 67.6 Å². The molecule has 0 bridgehead atoms. The largest absolute Gasteiger partial charge is 0.355 e. The van der Waals surface area contributed by atoms with Crippen molar-refractivity contribution in [3.05, 3.63) is 107 Å². The Morgan fingerprint density at radius 3 is 2.07 bits per heavy atom. The number of ketones is 1. The van der Waals surface area contributed by atoms with Crippen molar-refractivity contribution in [2.24, 2.45) is 0 Å². The first-order chi connectivity index (χ1) is 13.6. The number of carbonyl (C=O) groups excluding carboxylic acids is 1. The lowest BCUT2D eigenvalue weighted by molar-refractivity contribution is -0.0579. The molecule has 0 spiro atoms. The van der Waals surface area contributed by atoms with Crippen LogP contribution in [-0.4, -0.2) is 24.8 Å². The van der Waals surface area contributed by atoms with Crippen LogP contribution in [0.3, 0.4) is 0 Å². The highest BCUT2D eigenvalue weighted by Crippen LogP contribution is 2.47. The fourth-order valence-electron chi connectivity index (χ4n) is 4.00. The van der Waals surface area contributed by atoms with Crippen molar-refractivity contribution in [1.82, 2.24) is 4.90 Å². The van der Waals surface area contributed by atoms with Gasteiger partial charge in [-0.25, -0.2) is 0 Å². The summed E-state index contributed by atoms with van der Waals surface area (Å²) >= 11 is 0. The first kappa shape index (κ1) is 18.6. The molecule has 1 aliphatic rings. The number of fused-ring (bicyclic) bond motifs is 1. The molecule has 1 heterocycles. The minimum Gasteiger partial charge on any atom is -0.355 e. The van der Waals surface area contributed by atoms with Crippen molar-refractivity contribution in [2.75, 3.05) is 14.1 Å². The molecule has 0 amide bonds. The summed E-state index contributed by atoms with van der Waals surface area (Å²) in [6.45, 7) is 2.02. The normalized spacial score (nSPS) is 21.4. The Hall–Kier alpha value is -2.75. The lowest BCUT2D eigenvalue weighted by Crippen LogP contribution is -2.36. The zero-order valence-electron chi connectivity index (χ0n) is 16.5. The molecule has 28 heavy (non-hydrogen) atoms. The van der Waals surface area contributed by atoms with Gasteiger partial charge in [0.15, 0.2) is 5.78 Å². The minimum atomic E-state index is -0.611. The number of hydrogen-bond acceptors (Lipinski definition) is 3. The lowest BCUT2D eigenvalue weighted by atomic mass is 9.84. The maximum atomic E-state index is 13.4. The van der Waals surface area contributed by atoms with Gasteiger partial charge in [0, 0.05) is 5.56 Å². The first-order valence-electron chi connectivity index (χ1n) is 9.63. The van der Waals surface area contributed by atoms with Crippen molar-refractivity contribution in [3.63, 3.8) is 0 Å². The molecule has 0 radical (unpaired) electrons. The second-order valence-electron chi connectivity index (χ2n) is 7.62. The van der Waals surface area contributed by atoms with Gasteiger partial charge in [0.1, 0.15) is 12.2 Å².